The van der Waals surface area contributed by atoms with Crippen LogP contribution in [0.15, 0.2) is 0 Å². The number of hydrogen-bond donors (Lipinski definition) is 1. The van der Waals surface area contributed by atoms with Gasteiger partial charge in [0.15, 0.2) is 0 Å². The van der Waals surface area contributed by atoms with E-state index < -0.39 is 0 Å². The molecule has 0 spiro atoms. The van der Waals surface area contributed by atoms with Crippen molar-refractivity contribution in [2.75, 3.05) is 39.6 Å². The molecule has 0 aromatic heterocycles. The van der Waals surface area contributed by atoms with Gasteiger partial charge in [-0.1, -0.05) is 0 Å². The fraction of sp³-hybridized carbons (Fsp3) is 1.00. The molecule has 0 heterocycles. The Morgan fingerprint density at radius 2 is 1.69 bits per heavy atom. The van der Waals surface area contributed by atoms with Crippen LogP contribution in [0.1, 0.15) is 33.1 Å². The van der Waals surface area contributed by atoms with Gasteiger partial charge in [-0.25, -0.2) is 0 Å². The van der Waals surface area contributed by atoms with Crippen LogP contribution in [0, 0.1) is 0 Å². The van der Waals surface area contributed by atoms with Crippen molar-refractivity contribution in [3.63, 3.8) is 0 Å². The van der Waals surface area contributed by atoms with Crippen molar-refractivity contribution < 1.29 is 14.2 Å². The van der Waals surface area contributed by atoms with Gasteiger partial charge < -0.3 is 19.9 Å². The number of rotatable bonds is 12. The first-order chi connectivity index (χ1) is 7.81. The molecule has 0 fully saturated rings. The highest BCUT2D eigenvalue weighted by Crippen LogP contribution is 1.97. The molecule has 0 aliphatic carbocycles. The number of unbranched alkanes of at least 4 members (excludes halogenated alkanes) is 1. The monoisotopic (exact) mass is 233 g/mol. The second kappa shape index (κ2) is 12.9. The molecule has 0 saturated carbocycles. The highest BCUT2D eigenvalue weighted by molar-refractivity contribution is 4.48. The Morgan fingerprint density at radius 1 is 1.00 bits per heavy atom. The van der Waals surface area contributed by atoms with Crippen molar-refractivity contribution in [1.29, 1.82) is 0 Å². The Labute approximate surface area is 99.4 Å². The van der Waals surface area contributed by atoms with Crippen LogP contribution in [0.5, 0.6) is 0 Å². The lowest BCUT2D eigenvalue weighted by Gasteiger charge is -2.11. The molecule has 1 atom stereocenters. The van der Waals surface area contributed by atoms with Crippen molar-refractivity contribution in [1.82, 2.24) is 0 Å². The normalized spacial score (nSPS) is 12.9. The molecule has 4 nitrogen and oxygen atoms in total. The zero-order chi connectivity index (χ0) is 12.1. The molecule has 1 unspecified atom stereocenters. The second-order valence-electron chi connectivity index (χ2n) is 3.78. The van der Waals surface area contributed by atoms with Gasteiger partial charge in [0.2, 0.25) is 0 Å². The minimum Gasteiger partial charge on any atom is -0.379 e. The summed E-state index contributed by atoms with van der Waals surface area (Å²) in [5.74, 6) is 0. The molecule has 0 radical (unpaired) electrons. The summed E-state index contributed by atoms with van der Waals surface area (Å²) in [4.78, 5) is 0. The first-order valence-electron chi connectivity index (χ1n) is 6.28. The van der Waals surface area contributed by atoms with Gasteiger partial charge in [0.25, 0.3) is 0 Å². The minimum atomic E-state index is 0.287. The molecule has 4 heteroatoms. The van der Waals surface area contributed by atoms with Crippen LogP contribution >= 0.6 is 0 Å². The van der Waals surface area contributed by atoms with E-state index in [1.807, 2.05) is 6.92 Å². The van der Waals surface area contributed by atoms with Gasteiger partial charge in [-0.2, -0.15) is 0 Å². The van der Waals surface area contributed by atoms with Crippen LogP contribution in [-0.4, -0.2) is 45.7 Å². The van der Waals surface area contributed by atoms with E-state index in [2.05, 4.69) is 6.92 Å². The minimum absolute atomic E-state index is 0.287. The molecular weight excluding hydrogens is 206 g/mol. The van der Waals surface area contributed by atoms with Crippen LogP contribution in [0.25, 0.3) is 0 Å². The standard InChI is InChI=1S/C12H27NO3/c1-3-16-12(2)6-9-15-11-10-14-8-5-4-7-13/h12H,3-11,13H2,1-2H3. The molecule has 0 saturated heterocycles. The quantitative estimate of drug-likeness (QED) is 0.520. The maximum atomic E-state index is 5.43. The number of nitrogens with two attached hydrogens (primary N) is 1. The predicted molar refractivity (Wildman–Crippen MR) is 65.6 cm³/mol. The predicted octanol–water partition coefficient (Wildman–Crippen LogP) is 1.57. The lowest BCUT2D eigenvalue weighted by molar-refractivity contribution is 0.0157. The van der Waals surface area contributed by atoms with Crippen LogP contribution in [0.2, 0.25) is 0 Å². The van der Waals surface area contributed by atoms with Crippen molar-refractivity contribution >= 4 is 0 Å². The van der Waals surface area contributed by atoms with E-state index in [-0.39, 0.29) is 6.10 Å². The van der Waals surface area contributed by atoms with E-state index in [1.54, 1.807) is 0 Å². The molecule has 0 bridgehead atoms. The molecule has 0 aliphatic heterocycles. The molecule has 0 rings (SSSR count). The zero-order valence-electron chi connectivity index (χ0n) is 10.7. The van der Waals surface area contributed by atoms with Crippen molar-refractivity contribution in [2.45, 2.75) is 39.2 Å². The summed E-state index contributed by atoms with van der Waals surface area (Å²) in [6.45, 7) is 8.46. The van der Waals surface area contributed by atoms with E-state index in [1.165, 1.54) is 0 Å². The average Bonchev–Trinajstić information content (AvgIpc) is 2.27. The Balaban J connectivity index is 2.98. The van der Waals surface area contributed by atoms with E-state index in [0.717, 1.165) is 45.6 Å². The van der Waals surface area contributed by atoms with Gasteiger partial charge in [-0.15, -0.1) is 0 Å². The summed E-state index contributed by atoms with van der Waals surface area (Å²) >= 11 is 0. The Morgan fingerprint density at radius 3 is 2.31 bits per heavy atom. The summed E-state index contributed by atoms with van der Waals surface area (Å²) < 4.78 is 16.2. The van der Waals surface area contributed by atoms with Crippen LogP contribution in [0.3, 0.4) is 0 Å². The van der Waals surface area contributed by atoms with Crippen LogP contribution < -0.4 is 5.73 Å². The zero-order valence-corrected chi connectivity index (χ0v) is 10.7. The molecule has 16 heavy (non-hydrogen) atoms. The highest BCUT2D eigenvalue weighted by atomic mass is 16.5. The molecule has 0 amide bonds. The molecule has 0 aromatic carbocycles. The van der Waals surface area contributed by atoms with Crippen molar-refractivity contribution in [3.8, 4) is 0 Å². The van der Waals surface area contributed by atoms with Gasteiger partial charge in [-0.05, 0) is 39.7 Å². The lowest BCUT2D eigenvalue weighted by Crippen LogP contribution is -2.13. The van der Waals surface area contributed by atoms with Crippen molar-refractivity contribution in [2.24, 2.45) is 5.73 Å². The molecule has 2 N–H and O–H groups in total. The second-order valence-corrected chi connectivity index (χ2v) is 3.78. The summed E-state index contributed by atoms with van der Waals surface area (Å²) in [5.41, 5.74) is 5.37. The van der Waals surface area contributed by atoms with E-state index in [4.69, 9.17) is 19.9 Å². The van der Waals surface area contributed by atoms with E-state index in [9.17, 15) is 0 Å². The fourth-order valence-corrected chi connectivity index (χ4v) is 1.29. The first-order valence-corrected chi connectivity index (χ1v) is 6.28. The lowest BCUT2D eigenvalue weighted by atomic mass is 10.3. The Bertz CT molecular complexity index is 133. The third kappa shape index (κ3) is 11.9. The van der Waals surface area contributed by atoms with Crippen molar-refractivity contribution in [3.05, 3.63) is 0 Å². The largest absolute Gasteiger partial charge is 0.379 e. The SMILES string of the molecule is CCOC(C)CCOCCOCCCCN. The topological polar surface area (TPSA) is 53.7 Å². The highest BCUT2D eigenvalue weighted by Gasteiger charge is 1.99. The van der Waals surface area contributed by atoms with Crippen LogP contribution in [0.4, 0.5) is 0 Å². The third-order valence-corrected chi connectivity index (χ3v) is 2.23. The number of ether oxygens (including phenoxy) is 3. The summed E-state index contributed by atoms with van der Waals surface area (Å²) in [7, 11) is 0. The molecule has 0 aliphatic rings. The summed E-state index contributed by atoms with van der Waals surface area (Å²) in [6, 6.07) is 0. The van der Waals surface area contributed by atoms with E-state index >= 15 is 0 Å². The van der Waals surface area contributed by atoms with Gasteiger partial charge in [0.1, 0.15) is 0 Å². The Kier molecular flexibility index (Phi) is 12.8. The van der Waals surface area contributed by atoms with E-state index in [0.29, 0.717) is 13.2 Å². The Hall–Kier alpha value is -0.160. The maximum absolute atomic E-state index is 5.43. The van der Waals surface area contributed by atoms with Gasteiger partial charge in [-0.3, -0.25) is 0 Å². The molecule has 0 aromatic rings. The van der Waals surface area contributed by atoms with Gasteiger partial charge in [0.05, 0.1) is 19.3 Å². The molecule has 98 valence electrons. The summed E-state index contributed by atoms with van der Waals surface area (Å²) in [6.07, 6.45) is 3.31. The first kappa shape index (κ1) is 15.8. The number of hydrogen-bond acceptors (Lipinski definition) is 4. The fourth-order valence-electron chi connectivity index (χ4n) is 1.29. The van der Waals surface area contributed by atoms with Crippen LogP contribution in [-0.2, 0) is 14.2 Å². The van der Waals surface area contributed by atoms with Gasteiger partial charge >= 0.3 is 0 Å². The van der Waals surface area contributed by atoms with Gasteiger partial charge in [0, 0.05) is 19.8 Å². The third-order valence-electron chi connectivity index (χ3n) is 2.23. The smallest absolute Gasteiger partial charge is 0.0700 e. The average molecular weight is 233 g/mol. The summed E-state index contributed by atoms with van der Waals surface area (Å²) in [5, 5.41) is 0. The molecular formula is C12H27NO3. The maximum Gasteiger partial charge on any atom is 0.0700 e.